The standard InChI is InChI=1S/C25H33N3O5S/c1-3-19(2)23(24(29)27-17-21-12-9-14-26-16-21)33-25(30)22-13-7-8-15-28(22)34(31,32)18-20-10-5-4-6-11-20/h4-6,9-12,14,16,19,22-23H,3,7-8,13,15,17-18H2,1-2H3,(H,27,29)/t19?,22-,23-/m0/s1. The Labute approximate surface area is 201 Å². The highest BCUT2D eigenvalue weighted by Crippen LogP contribution is 2.25. The molecule has 1 aromatic carbocycles. The van der Waals surface area contributed by atoms with Crippen LogP contribution >= 0.6 is 0 Å². The number of hydrogen-bond donors (Lipinski definition) is 1. The molecule has 2 aromatic rings. The fourth-order valence-electron chi connectivity index (χ4n) is 3.98. The molecule has 1 aliphatic rings. The average Bonchev–Trinajstić information content (AvgIpc) is 2.86. The van der Waals surface area contributed by atoms with E-state index in [1.807, 2.05) is 26.0 Å². The smallest absolute Gasteiger partial charge is 0.325 e. The topological polar surface area (TPSA) is 106 Å². The minimum atomic E-state index is -3.73. The highest BCUT2D eigenvalue weighted by Gasteiger charge is 2.40. The van der Waals surface area contributed by atoms with Gasteiger partial charge >= 0.3 is 5.97 Å². The van der Waals surface area contributed by atoms with Gasteiger partial charge in [-0.2, -0.15) is 4.31 Å². The van der Waals surface area contributed by atoms with Gasteiger partial charge in [-0.3, -0.25) is 14.6 Å². The van der Waals surface area contributed by atoms with Crippen LogP contribution in [-0.2, 0) is 36.6 Å². The van der Waals surface area contributed by atoms with Crippen molar-refractivity contribution in [2.75, 3.05) is 6.54 Å². The summed E-state index contributed by atoms with van der Waals surface area (Å²) in [6.07, 6.45) is 4.70. The summed E-state index contributed by atoms with van der Waals surface area (Å²) in [7, 11) is -3.73. The van der Waals surface area contributed by atoms with Crippen LogP contribution in [0.1, 0.15) is 50.7 Å². The molecule has 3 atom stereocenters. The summed E-state index contributed by atoms with van der Waals surface area (Å²) in [5.41, 5.74) is 1.49. The van der Waals surface area contributed by atoms with Crippen LogP contribution in [0.25, 0.3) is 0 Å². The summed E-state index contributed by atoms with van der Waals surface area (Å²) < 4.78 is 33.3. The lowest BCUT2D eigenvalue weighted by Gasteiger charge is -2.34. The Balaban J connectivity index is 1.71. The van der Waals surface area contributed by atoms with E-state index in [0.29, 0.717) is 24.8 Å². The highest BCUT2D eigenvalue weighted by atomic mass is 32.2. The maximum Gasteiger partial charge on any atom is 0.325 e. The second-order valence-corrected chi connectivity index (χ2v) is 10.6. The number of carbonyl (C=O) groups excluding carboxylic acids is 2. The maximum atomic E-state index is 13.2. The van der Waals surface area contributed by atoms with Crippen molar-refractivity contribution >= 4 is 21.9 Å². The summed E-state index contributed by atoms with van der Waals surface area (Å²) in [5.74, 6) is -1.48. The fourth-order valence-corrected chi connectivity index (χ4v) is 5.75. The molecule has 1 fully saturated rings. The van der Waals surface area contributed by atoms with Crippen molar-refractivity contribution in [1.82, 2.24) is 14.6 Å². The molecule has 1 saturated heterocycles. The summed E-state index contributed by atoms with van der Waals surface area (Å²) >= 11 is 0. The van der Waals surface area contributed by atoms with Crippen molar-refractivity contribution in [1.29, 1.82) is 0 Å². The van der Waals surface area contributed by atoms with Gasteiger partial charge in [-0.05, 0) is 42.9 Å². The van der Waals surface area contributed by atoms with Gasteiger partial charge in [-0.1, -0.05) is 50.2 Å². The van der Waals surface area contributed by atoms with Crippen molar-refractivity contribution in [2.24, 2.45) is 5.92 Å². The predicted molar refractivity (Wildman–Crippen MR) is 129 cm³/mol. The third-order valence-corrected chi connectivity index (χ3v) is 7.98. The van der Waals surface area contributed by atoms with Crippen LogP contribution in [0.2, 0.25) is 0 Å². The number of sulfonamides is 1. The Hall–Kier alpha value is -2.78. The second kappa shape index (κ2) is 12.1. The van der Waals surface area contributed by atoms with Gasteiger partial charge in [0.1, 0.15) is 6.04 Å². The van der Waals surface area contributed by atoms with Crippen molar-refractivity contribution in [3.8, 4) is 0 Å². The number of carbonyl (C=O) groups is 2. The van der Waals surface area contributed by atoms with E-state index < -0.39 is 34.0 Å². The minimum Gasteiger partial charge on any atom is -0.451 e. The largest absolute Gasteiger partial charge is 0.451 e. The van der Waals surface area contributed by atoms with Crippen LogP contribution in [0.3, 0.4) is 0 Å². The molecule has 0 radical (unpaired) electrons. The molecule has 1 aromatic heterocycles. The Morgan fingerprint density at radius 3 is 2.56 bits per heavy atom. The number of aromatic nitrogens is 1. The molecule has 1 N–H and O–H groups in total. The molecule has 3 rings (SSSR count). The molecule has 9 heteroatoms. The summed E-state index contributed by atoms with van der Waals surface area (Å²) in [4.78, 5) is 30.1. The van der Waals surface area contributed by atoms with Gasteiger partial charge in [0.25, 0.3) is 5.91 Å². The monoisotopic (exact) mass is 487 g/mol. The Bertz CT molecular complexity index is 1050. The number of ether oxygens (including phenoxy) is 1. The number of piperidine rings is 1. The first kappa shape index (κ1) is 25.8. The van der Waals surface area contributed by atoms with Gasteiger partial charge in [0.2, 0.25) is 10.0 Å². The zero-order valence-corrected chi connectivity index (χ0v) is 20.5. The van der Waals surface area contributed by atoms with Crippen LogP contribution < -0.4 is 5.32 Å². The minimum absolute atomic E-state index is 0.183. The molecule has 2 heterocycles. The number of nitrogens with zero attached hydrogens (tertiary/aromatic N) is 2. The van der Waals surface area contributed by atoms with E-state index in [4.69, 9.17) is 4.74 Å². The maximum absolute atomic E-state index is 13.2. The number of rotatable bonds is 10. The van der Waals surface area contributed by atoms with E-state index in [0.717, 1.165) is 12.0 Å². The van der Waals surface area contributed by atoms with Gasteiger partial charge in [-0.15, -0.1) is 0 Å². The van der Waals surface area contributed by atoms with Gasteiger partial charge in [-0.25, -0.2) is 8.42 Å². The van der Waals surface area contributed by atoms with Crippen LogP contribution in [0.5, 0.6) is 0 Å². The first-order valence-corrected chi connectivity index (χ1v) is 13.3. The average molecular weight is 488 g/mol. The summed E-state index contributed by atoms with van der Waals surface area (Å²) in [6, 6.07) is 11.6. The number of benzene rings is 1. The van der Waals surface area contributed by atoms with E-state index in [9.17, 15) is 18.0 Å². The second-order valence-electron chi connectivity index (χ2n) is 8.69. The lowest BCUT2D eigenvalue weighted by Crippen LogP contribution is -2.51. The predicted octanol–water partition coefficient (Wildman–Crippen LogP) is 3.04. The van der Waals surface area contributed by atoms with E-state index >= 15 is 0 Å². The van der Waals surface area contributed by atoms with E-state index in [1.165, 1.54) is 4.31 Å². The van der Waals surface area contributed by atoms with Gasteiger partial charge in [0.05, 0.1) is 5.75 Å². The first-order chi connectivity index (χ1) is 16.3. The molecule has 1 amide bonds. The molecule has 8 nitrogen and oxygen atoms in total. The van der Waals surface area contributed by atoms with Crippen molar-refractivity contribution in [3.05, 3.63) is 66.0 Å². The Kier molecular flexibility index (Phi) is 9.18. The molecule has 0 aliphatic carbocycles. The molecule has 184 valence electrons. The number of nitrogens with one attached hydrogen (secondary N) is 1. The van der Waals surface area contributed by atoms with Gasteiger partial charge < -0.3 is 10.1 Å². The van der Waals surface area contributed by atoms with E-state index in [2.05, 4.69) is 10.3 Å². The lowest BCUT2D eigenvalue weighted by atomic mass is 10.00. The zero-order valence-electron chi connectivity index (χ0n) is 19.7. The summed E-state index contributed by atoms with van der Waals surface area (Å²) in [5, 5.41) is 2.81. The van der Waals surface area contributed by atoms with Crippen molar-refractivity contribution < 1.29 is 22.7 Å². The van der Waals surface area contributed by atoms with Crippen LogP contribution in [-0.4, -0.2) is 48.3 Å². The molecule has 1 unspecified atom stereocenters. The molecule has 0 saturated carbocycles. The van der Waals surface area contributed by atoms with E-state index in [1.54, 1.807) is 42.7 Å². The number of esters is 1. The lowest BCUT2D eigenvalue weighted by molar-refractivity contribution is -0.163. The third-order valence-electron chi connectivity index (χ3n) is 6.13. The number of pyridine rings is 1. The van der Waals surface area contributed by atoms with Crippen LogP contribution in [0, 0.1) is 5.92 Å². The molecular weight excluding hydrogens is 454 g/mol. The molecule has 0 spiro atoms. The van der Waals surface area contributed by atoms with Crippen LogP contribution in [0.4, 0.5) is 0 Å². The molecule has 34 heavy (non-hydrogen) atoms. The zero-order chi connectivity index (χ0) is 24.6. The molecule has 0 bridgehead atoms. The Morgan fingerprint density at radius 2 is 1.88 bits per heavy atom. The number of hydrogen-bond acceptors (Lipinski definition) is 6. The molecule has 1 aliphatic heterocycles. The summed E-state index contributed by atoms with van der Waals surface area (Å²) in [6.45, 7) is 4.28. The van der Waals surface area contributed by atoms with Gasteiger partial charge in [0.15, 0.2) is 6.10 Å². The fraction of sp³-hybridized carbons (Fsp3) is 0.480. The highest BCUT2D eigenvalue weighted by molar-refractivity contribution is 7.88. The Morgan fingerprint density at radius 1 is 1.15 bits per heavy atom. The molecular formula is C25H33N3O5S. The number of amides is 1. The third kappa shape index (κ3) is 6.87. The van der Waals surface area contributed by atoms with Crippen molar-refractivity contribution in [2.45, 2.75) is 64.0 Å². The van der Waals surface area contributed by atoms with Crippen LogP contribution in [0.15, 0.2) is 54.9 Å². The van der Waals surface area contributed by atoms with E-state index in [-0.39, 0.29) is 24.8 Å². The van der Waals surface area contributed by atoms with Gasteiger partial charge in [0, 0.05) is 31.4 Å². The van der Waals surface area contributed by atoms with Crippen molar-refractivity contribution in [3.63, 3.8) is 0 Å². The normalized spacial score (nSPS) is 18.6. The first-order valence-electron chi connectivity index (χ1n) is 11.7. The SMILES string of the molecule is CCC(C)[C@H](OC(=O)[C@@H]1CCCCN1S(=O)(=O)Cc1ccccc1)C(=O)NCc1cccnc1. The quantitative estimate of drug-likeness (QED) is 0.517.